The van der Waals surface area contributed by atoms with Crippen molar-refractivity contribution in [2.75, 3.05) is 139 Å². The first-order valence-corrected chi connectivity index (χ1v) is 43.3. The average Bonchev–Trinajstić information content (AvgIpc) is 1.68. The van der Waals surface area contributed by atoms with Gasteiger partial charge in [0.25, 0.3) is 0 Å². The topological polar surface area (TPSA) is 624 Å². The minimum absolute atomic E-state index is 0.0724. The summed E-state index contributed by atoms with van der Waals surface area (Å²) in [5.41, 5.74) is -1.44. The highest BCUT2D eigenvalue weighted by Gasteiger charge is 2.48. The van der Waals surface area contributed by atoms with Crippen LogP contribution >= 0.6 is 0 Å². The third kappa shape index (κ3) is 45.0. The van der Waals surface area contributed by atoms with E-state index < -0.39 is 147 Å². The normalized spacial score (nSPS) is 25.5. The Morgan fingerprint density at radius 1 is 0.333 bits per heavy atom. The van der Waals surface area contributed by atoms with Gasteiger partial charge in [-0.3, -0.25) is 52.7 Å². The smallest absolute Gasteiger partial charge is 0.222 e. The number of rotatable bonds is 67. The summed E-state index contributed by atoms with van der Waals surface area (Å²) in [7, 11) is 1.53. The van der Waals surface area contributed by atoms with Crippen LogP contribution in [0.2, 0.25) is 0 Å². The second-order valence-corrected chi connectivity index (χ2v) is 31.4. The predicted molar refractivity (Wildman–Crippen MR) is 435 cm³/mol. The second-order valence-electron chi connectivity index (χ2n) is 31.4. The second kappa shape index (κ2) is 63.3. The molecule has 0 spiro atoms. The van der Waals surface area contributed by atoms with E-state index >= 15 is 0 Å². The average molecular weight is 1770 g/mol. The maximum Gasteiger partial charge on any atom is 0.222 e. The van der Waals surface area contributed by atoms with E-state index in [0.717, 1.165) is 38.5 Å². The summed E-state index contributed by atoms with van der Waals surface area (Å²) in [4.78, 5) is 139. The first kappa shape index (κ1) is 109. The lowest BCUT2D eigenvalue weighted by Crippen LogP contribution is -2.64. The van der Waals surface area contributed by atoms with Crippen molar-refractivity contribution in [3.63, 3.8) is 0 Å². The Labute approximate surface area is 719 Å². The summed E-state index contributed by atoms with van der Waals surface area (Å²) in [5, 5.41) is 132. The monoisotopic (exact) mass is 1770 g/mol. The van der Waals surface area contributed by atoms with Crippen molar-refractivity contribution in [3.05, 3.63) is 0 Å². The molecule has 4 heterocycles. The van der Waals surface area contributed by atoms with Crippen molar-refractivity contribution in [1.82, 2.24) is 58.5 Å². The highest BCUT2D eigenvalue weighted by Crippen LogP contribution is 2.27. The highest BCUT2D eigenvalue weighted by atomic mass is 16.7. The predicted octanol–water partition coefficient (Wildman–Crippen LogP) is -5.50. The summed E-state index contributed by atoms with van der Waals surface area (Å²) in [6.07, 6.45) is -6.19. The van der Waals surface area contributed by atoms with Crippen LogP contribution < -0.4 is 58.5 Å². The van der Waals surface area contributed by atoms with Crippen molar-refractivity contribution in [2.24, 2.45) is 0 Å². The van der Waals surface area contributed by atoms with Crippen molar-refractivity contribution < 1.29 is 156 Å². The first-order chi connectivity index (χ1) is 59.0. The summed E-state index contributed by atoms with van der Waals surface area (Å²) in [6, 6.07) is -3.30. The van der Waals surface area contributed by atoms with E-state index in [9.17, 15) is 104 Å². The third-order valence-corrected chi connectivity index (χ3v) is 20.7. The lowest BCUT2D eigenvalue weighted by Gasteiger charge is -2.42. The number of methoxy groups -OCH3 is 1. The first-order valence-electron chi connectivity index (χ1n) is 43.3. The van der Waals surface area contributed by atoms with Gasteiger partial charge in [-0.15, -0.1) is 0 Å². The fourth-order valence-corrected chi connectivity index (χ4v) is 13.9. The van der Waals surface area contributed by atoms with E-state index in [4.69, 9.17) is 52.1 Å². The van der Waals surface area contributed by atoms with Crippen molar-refractivity contribution in [2.45, 2.75) is 303 Å². The maximum atomic E-state index is 14.1. The number of carbonyl (C=O) groups excluding carboxylic acids is 11. The molecule has 123 heavy (non-hydrogen) atoms. The van der Waals surface area contributed by atoms with Crippen LogP contribution in [0.3, 0.4) is 0 Å². The van der Waals surface area contributed by atoms with Gasteiger partial charge >= 0.3 is 0 Å². The number of unbranched alkanes of at least 4 members (excludes halogenated alkanes) is 10. The van der Waals surface area contributed by atoms with Gasteiger partial charge in [-0.1, -0.05) is 38.5 Å². The Balaban J connectivity index is 1.30. The van der Waals surface area contributed by atoms with Crippen LogP contribution in [-0.4, -0.2) is 371 Å². The van der Waals surface area contributed by atoms with Crippen molar-refractivity contribution >= 4 is 65.0 Å². The summed E-state index contributed by atoms with van der Waals surface area (Å²) in [5.74, 6) is -3.85. The highest BCUT2D eigenvalue weighted by molar-refractivity contribution is 5.79. The largest absolute Gasteiger partial charge is 0.394 e. The minimum Gasteiger partial charge on any atom is -0.394 e. The van der Waals surface area contributed by atoms with Crippen LogP contribution in [0.4, 0.5) is 0 Å². The molecule has 0 aromatic carbocycles. The Kier molecular flexibility index (Phi) is 55.9. The molecule has 43 heteroatoms. The van der Waals surface area contributed by atoms with Gasteiger partial charge in [0.05, 0.1) is 78.3 Å². The van der Waals surface area contributed by atoms with Crippen LogP contribution in [0.1, 0.15) is 188 Å². The standard InChI is InChI=1S/C80H143N11O32/c1-51(95)88-68-74(110)71(107)56(44-92)121-77(68)117-36-16-13-23-60(99)81-30-19-33-84-64(103)27-39-114-48-80(91-67(106)26-12-10-8-6-5-7-9-11-22-63(102)87-43-54-42-55(98)59(120-54)47-113-4,49-115-40-28-65(104)85-34-20-31-82-61(100)24-14-17-37-118-78-69(89-52(2)96)75(111)72(108)57(45-93)122-78)50-116-41-29-66(105)86-35-21-32-83-62(101)25-15-18-38-119-79-70(90-53(3)97)76(112)73(109)58(46-94)123-79/h54-59,68-79,92-94,98,107-112H,5-50H2,1-4H3,(H,81,99)(H,82,100)(H,83,101)(H,84,103)(H,85,104)(H,86,105)(H,87,102)(H,88,95)(H,89,96)(H,90,97)(H,91,106)/t54-,55+,56+,57?,58?,59-,68?,69?,70?,71?,72?,73?,74?,75?,76?,77?,78?,79?,80?/m0/s1. The van der Waals surface area contributed by atoms with E-state index in [1.54, 1.807) is 0 Å². The van der Waals surface area contributed by atoms with Gasteiger partial charge in [0, 0.05) is 151 Å². The van der Waals surface area contributed by atoms with Crippen LogP contribution in [0.25, 0.3) is 0 Å². The minimum atomic E-state index is -1.47. The van der Waals surface area contributed by atoms with E-state index in [1.807, 2.05) is 0 Å². The zero-order chi connectivity index (χ0) is 90.3. The molecule has 4 aliphatic rings. The lowest BCUT2D eigenvalue weighted by atomic mass is 9.97. The number of hydrogen-bond acceptors (Lipinski definition) is 32. The van der Waals surface area contributed by atoms with E-state index in [1.165, 1.54) is 27.9 Å². The molecule has 710 valence electrons. The molecule has 0 aromatic heterocycles. The Bertz CT molecular complexity index is 2810. The third-order valence-electron chi connectivity index (χ3n) is 20.7. The Morgan fingerprint density at radius 3 is 0.919 bits per heavy atom. The number of carbonyl (C=O) groups is 11. The SMILES string of the molecule is COC[C@@H]1O[C@H](CNC(=O)CCCCCCCCCCC(=O)NC(COCCC(=O)NCCCNC(=O)CCCCOC2OC(CO)C(O)C(O)C2NC(C)=O)(COCCC(=O)NCCCNC(=O)CCCCOC2OC(CO)C(O)C(O)C2NC(C)=O)COCCC(=O)NCCCNC(=O)CCCCOC2O[C@H](CO)C(O)C(O)C2NC(C)=O)C[C@H]1O. The molecule has 43 nitrogen and oxygen atoms in total. The molecule has 4 aliphatic heterocycles. The number of amides is 11. The molecule has 18 atom stereocenters. The molecular formula is C80H143N11O32. The van der Waals surface area contributed by atoms with E-state index in [2.05, 4.69) is 58.5 Å². The fraction of sp³-hybridized carbons (Fsp3) is 0.863. The number of aliphatic hydroxyl groups is 10. The van der Waals surface area contributed by atoms with Crippen LogP contribution in [0.15, 0.2) is 0 Å². The van der Waals surface area contributed by atoms with E-state index in [0.29, 0.717) is 90.0 Å². The Morgan fingerprint density at radius 2 is 0.618 bits per heavy atom. The molecule has 0 bridgehead atoms. The molecule has 0 aliphatic carbocycles. The summed E-state index contributed by atoms with van der Waals surface area (Å²) < 4.78 is 63.1. The fourth-order valence-electron chi connectivity index (χ4n) is 13.9. The van der Waals surface area contributed by atoms with Crippen molar-refractivity contribution in [3.8, 4) is 0 Å². The summed E-state index contributed by atoms with van der Waals surface area (Å²) >= 11 is 0. The molecule has 0 radical (unpaired) electrons. The maximum absolute atomic E-state index is 14.1. The van der Waals surface area contributed by atoms with Gasteiger partial charge in [-0.05, 0) is 70.6 Å². The molecule has 4 saturated heterocycles. The number of aliphatic hydroxyl groups excluding tert-OH is 10. The van der Waals surface area contributed by atoms with Gasteiger partial charge in [0.1, 0.15) is 84.7 Å². The zero-order valence-corrected chi connectivity index (χ0v) is 71.9. The van der Waals surface area contributed by atoms with Gasteiger partial charge in [0.2, 0.25) is 65.0 Å². The van der Waals surface area contributed by atoms with Crippen LogP contribution in [-0.2, 0) is 105 Å². The summed E-state index contributed by atoms with van der Waals surface area (Å²) in [6.45, 7) is 2.84. The molecule has 0 aromatic rings. The quantitative estimate of drug-likeness (QED) is 0.0253. The van der Waals surface area contributed by atoms with Gasteiger partial charge in [-0.25, -0.2) is 0 Å². The molecular weight excluding hydrogens is 1630 g/mol. The molecule has 14 unspecified atom stereocenters. The van der Waals surface area contributed by atoms with E-state index in [-0.39, 0.29) is 204 Å². The molecule has 4 fully saturated rings. The van der Waals surface area contributed by atoms with Gasteiger partial charge in [-0.2, -0.15) is 0 Å². The molecule has 0 saturated carbocycles. The number of hydrogen-bond donors (Lipinski definition) is 21. The molecule has 11 amide bonds. The number of nitrogens with one attached hydrogen (secondary N) is 11. The van der Waals surface area contributed by atoms with Crippen molar-refractivity contribution in [1.29, 1.82) is 0 Å². The zero-order valence-electron chi connectivity index (χ0n) is 71.9. The lowest BCUT2D eigenvalue weighted by molar-refractivity contribution is -0.270. The number of ether oxygens (including phenoxy) is 11. The van der Waals surface area contributed by atoms with Crippen LogP contribution in [0, 0.1) is 0 Å². The Hall–Kier alpha value is -6.67. The molecule has 21 N–H and O–H groups in total. The van der Waals surface area contributed by atoms with Gasteiger partial charge < -0.3 is 162 Å². The van der Waals surface area contributed by atoms with Crippen LogP contribution in [0.5, 0.6) is 0 Å². The van der Waals surface area contributed by atoms with Gasteiger partial charge in [0.15, 0.2) is 18.9 Å². The molecule has 4 rings (SSSR count).